The average Bonchev–Trinajstić information content (AvgIpc) is 2.18. The summed E-state index contributed by atoms with van der Waals surface area (Å²) in [7, 11) is 0. The van der Waals surface area contributed by atoms with E-state index in [-0.39, 0.29) is 12.5 Å². The molecule has 1 aromatic carbocycles. The van der Waals surface area contributed by atoms with E-state index in [2.05, 4.69) is 5.32 Å². The molecule has 0 fully saturated rings. The second-order valence-electron chi connectivity index (χ2n) is 3.81. The van der Waals surface area contributed by atoms with Crippen LogP contribution in [0.25, 0.3) is 0 Å². The lowest BCUT2D eigenvalue weighted by atomic mass is 9.92. The van der Waals surface area contributed by atoms with Crippen molar-refractivity contribution in [3.63, 3.8) is 0 Å². The highest BCUT2D eigenvalue weighted by Gasteiger charge is 2.21. The zero-order valence-electron chi connectivity index (χ0n) is 8.36. The molecular formula is C11H14N2O2. The van der Waals surface area contributed by atoms with Gasteiger partial charge in [0.15, 0.2) is 0 Å². The summed E-state index contributed by atoms with van der Waals surface area (Å²) < 4.78 is 0. The van der Waals surface area contributed by atoms with Gasteiger partial charge in [-0.25, -0.2) is 0 Å². The molecule has 0 aliphatic carbocycles. The van der Waals surface area contributed by atoms with E-state index in [0.717, 1.165) is 18.5 Å². The molecule has 4 heteroatoms. The molecule has 80 valence electrons. The molecule has 1 aromatic rings. The van der Waals surface area contributed by atoms with E-state index in [9.17, 15) is 4.79 Å². The normalized spacial score (nSPS) is 19.6. The first-order valence-electron chi connectivity index (χ1n) is 5.00. The Hall–Kier alpha value is -1.55. The summed E-state index contributed by atoms with van der Waals surface area (Å²) in [6.45, 7) is 0.828. The highest BCUT2D eigenvalue weighted by Crippen LogP contribution is 2.27. The quantitative estimate of drug-likeness (QED) is 0.629. The molecule has 1 heterocycles. The number of benzene rings is 1. The minimum atomic E-state index is -0.789. The number of anilines is 1. The van der Waals surface area contributed by atoms with E-state index < -0.39 is 5.97 Å². The number of carboxylic acid groups (broad SMARTS) is 1. The lowest BCUT2D eigenvalue weighted by Gasteiger charge is -2.26. The van der Waals surface area contributed by atoms with E-state index in [1.54, 1.807) is 0 Å². The Labute approximate surface area is 88.1 Å². The molecule has 0 saturated heterocycles. The molecule has 0 amide bonds. The Morgan fingerprint density at radius 1 is 1.60 bits per heavy atom. The third kappa shape index (κ3) is 2.10. The van der Waals surface area contributed by atoms with Crippen LogP contribution < -0.4 is 11.1 Å². The van der Waals surface area contributed by atoms with Gasteiger partial charge in [0.25, 0.3) is 0 Å². The second kappa shape index (κ2) is 3.90. The van der Waals surface area contributed by atoms with Gasteiger partial charge in [-0.1, -0.05) is 6.07 Å². The number of rotatable bonds is 2. The van der Waals surface area contributed by atoms with Gasteiger partial charge >= 0.3 is 5.97 Å². The fraction of sp³-hybridized carbons (Fsp3) is 0.364. The molecule has 2 rings (SSSR count). The first-order valence-corrected chi connectivity index (χ1v) is 5.00. The lowest BCUT2D eigenvalue weighted by Crippen LogP contribution is -2.31. The van der Waals surface area contributed by atoms with Gasteiger partial charge in [-0.2, -0.15) is 0 Å². The van der Waals surface area contributed by atoms with Gasteiger partial charge in [0.05, 0.1) is 6.42 Å². The summed E-state index contributed by atoms with van der Waals surface area (Å²) in [6.07, 6.45) is 1.04. The van der Waals surface area contributed by atoms with E-state index in [1.807, 2.05) is 18.2 Å². The van der Waals surface area contributed by atoms with Crippen molar-refractivity contribution in [3.05, 3.63) is 29.3 Å². The molecule has 4 nitrogen and oxygen atoms in total. The van der Waals surface area contributed by atoms with Crippen LogP contribution in [0.4, 0.5) is 5.69 Å². The Kier molecular flexibility index (Phi) is 2.60. The molecule has 0 saturated carbocycles. The Morgan fingerprint density at radius 3 is 3.13 bits per heavy atom. The summed E-state index contributed by atoms with van der Waals surface area (Å²) in [5.74, 6) is -0.789. The average molecular weight is 206 g/mol. The van der Waals surface area contributed by atoms with Gasteiger partial charge in [-0.3, -0.25) is 4.79 Å². The van der Waals surface area contributed by atoms with Crippen molar-refractivity contribution in [2.45, 2.75) is 18.9 Å². The summed E-state index contributed by atoms with van der Waals surface area (Å²) in [6, 6.07) is 5.62. The van der Waals surface area contributed by atoms with Crippen molar-refractivity contribution >= 4 is 11.7 Å². The van der Waals surface area contributed by atoms with Gasteiger partial charge in [-0.15, -0.1) is 0 Å². The minimum absolute atomic E-state index is 0.102. The standard InChI is InChI=1S/C11H14N2O2/c12-8-2-1-7-3-4-13-10(6-11(14)15)9(7)5-8/h1-2,5,10,13H,3-4,6,12H2,(H,14,15). The molecule has 0 bridgehead atoms. The highest BCUT2D eigenvalue weighted by molar-refractivity contribution is 5.68. The number of aliphatic carboxylic acids is 1. The van der Waals surface area contributed by atoms with E-state index in [4.69, 9.17) is 10.8 Å². The predicted octanol–water partition coefficient (Wildman–Crippen LogP) is 0.930. The first kappa shape index (κ1) is 9.98. The number of hydrogen-bond donors (Lipinski definition) is 3. The maximum atomic E-state index is 10.7. The SMILES string of the molecule is Nc1ccc2c(c1)C(CC(=O)O)NCC2. The third-order valence-electron chi connectivity index (χ3n) is 2.71. The molecular weight excluding hydrogens is 192 g/mol. The smallest absolute Gasteiger partial charge is 0.305 e. The zero-order valence-corrected chi connectivity index (χ0v) is 8.36. The van der Waals surface area contributed by atoms with E-state index in [1.165, 1.54) is 5.56 Å². The third-order valence-corrected chi connectivity index (χ3v) is 2.71. The molecule has 0 aromatic heterocycles. The van der Waals surface area contributed by atoms with Crippen molar-refractivity contribution in [2.24, 2.45) is 0 Å². The van der Waals surface area contributed by atoms with E-state index >= 15 is 0 Å². The van der Waals surface area contributed by atoms with Crippen molar-refractivity contribution < 1.29 is 9.90 Å². The lowest BCUT2D eigenvalue weighted by molar-refractivity contribution is -0.137. The van der Waals surface area contributed by atoms with Crippen molar-refractivity contribution in [2.75, 3.05) is 12.3 Å². The molecule has 0 spiro atoms. The number of nitrogens with two attached hydrogens (primary N) is 1. The van der Waals surface area contributed by atoms with Gasteiger partial charge in [-0.05, 0) is 36.2 Å². The number of fused-ring (bicyclic) bond motifs is 1. The van der Waals surface area contributed by atoms with Gasteiger partial charge in [0, 0.05) is 11.7 Å². The molecule has 0 radical (unpaired) electrons. The van der Waals surface area contributed by atoms with Crippen molar-refractivity contribution in [3.8, 4) is 0 Å². The highest BCUT2D eigenvalue weighted by atomic mass is 16.4. The van der Waals surface area contributed by atoms with Crippen LogP contribution in [0.15, 0.2) is 18.2 Å². The monoisotopic (exact) mass is 206 g/mol. The molecule has 15 heavy (non-hydrogen) atoms. The van der Waals surface area contributed by atoms with Crippen LogP contribution in [-0.4, -0.2) is 17.6 Å². The molecule has 1 aliphatic rings. The Morgan fingerprint density at radius 2 is 2.40 bits per heavy atom. The van der Waals surface area contributed by atoms with Crippen LogP contribution in [0.5, 0.6) is 0 Å². The number of hydrogen-bond acceptors (Lipinski definition) is 3. The van der Waals surface area contributed by atoms with Crippen LogP contribution in [0.3, 0.4) is 0 Å². The molecule has 4 N–H and O–H groups in total. The minimum Gasteiger partial charge on any atom is -0.481 e. The molecule has 1 unspecified atom stereocenters. The zero-order chi connectivity index (χ0) is 10.8. The van der Waals surface area contributed by atoms with E-state index in [0.29, 0.717) is 5.69 Å². The van der Waals surface area contributed by atoms with Crippen molar-refractivity contribution in [1.29, 1.82) is 0 Å². The number of carbonyl (C=O) groups is 1. The largest absolute Gasteiger partial charge is 0.481 e. The number of nitrogen functional groups attached to an aromatic ring is 1. The Balaban J connectivity index is 2.32. The summed E-state index contributed by atoms with van der Waals surface area (Å²) in [5.41, 5.74) is 8.62. The van der Waals surface area contributed by atoms with Crippen LogP contribution in [0.1, 0.15) is 23.6 Å². The van der Waals surface area contributed by atoms with Crippen LogP contribution >= 0.6 is 0 Å². The molecule has 1 atom stereocenters. The molecule has 1 aliphatic heterocycles. The van der Waals surface area contributed by atoms with Crippen LogP contribution in [0.2, 0.25) is 0 Å². The maximum absolute atomic E-state index is 10.7. The van der Waals surface area contributed by atoms with Gasteiger partial charge < -0.3 is 16.2 Å². The number of nitrogens with one attached hydrogen (secondary N) is 1. The number of carboxylic acids is 1. The van der Waals surface area contributed by atoms with Crippen LogP contribution in [0, 0.1) is 0 Å². The van der Waals surface area contributed by atoms with Gasteiger partial charge in [0.1, 0.15) is 0 Å². The summed E-state index contributed by atoms with van der Waals surface area (Å²) >= 11 is 0. The second-order valence-corrected chi connectivity index (χ2v) is 3.81. The first-order chi connectivity index (χ1) is 7.16. The van der Waals surface area contributed by atoms with Crippen LogP contribution in [-0.2, 0) is 11.2 Å². The topological polar surface area (TPSA) is 75.4 Å². The maximum Gasteiger partial charge on any atom is 0.305 e. The van der Waals surface area contributed by atoms with Crippen molar-refractivity contribution in [1.82, 2.24) is 5.32 Å². The predicted molar refractivity (Wildman–Crippen MR) is 57.6 cm³/mol. The Bertz CT molecular complexity index is 390. The fourth-order valence-corrected chi connectivity index (χ4v) is 2.01. The fourth-order valence-electron chi connectivity index (χ4n) is 2.01. The van der Waals surface area contributed by atoms with Gasteiger partial charge in [0.2, 0.25) is 0 Å². The summed E-state index contributed by atoms with van der Waals surface area (Å²) in [4.78, 5) is 10.7. The summed E-state index contributed by atoms with van der Waals surface area (Å²) in [5, 5.41) is 12.0.